The number of benzene rings is 2. The lowest BCUT2D eigenvalue weighted by Gasteiger charge is -2.13. The highest BCUT2D eigenvalue weighted by molar-refractivity contribution is 5.98. The van der Waals surface area contributed by atoms with Crippen LogP contribution in [0.2, 0.25) is 0 Å². The first-order valence-corrected chi connectivity index (χ1v) is 7.99. The minimum absolute atomic E-state index is 0.228. The van der Waals surface area contributed by atoms with Crippen molar-refractivity contribution in [1.82, 2.24) is 9.78 Å². The van der Waals surface area contributed by atoms with Crippen molar-refractivity contribution in [2.75, 3.05) is 14.2 Å². The second kappa shape index (κ2) is 7.65. The smallest absolute Gasteiger partial charge is 0.338 e. The van der Waals surface area contributed by atoms with E-state index in [0.29, 0.717) is 18.5 Å². The van der Waals surface area contributed by atoms with E-state index >= 15 is 0 Å². The minimum atomic E-state index is -0.551. The molecule has 0 aliphatic rings. The summed E-state index contributed by atoms with van der Waals surface area (Å²) in [6.07, 6.45) is 4.77. The topological polar surface area (TPSA) is 70.4 Å². The van der Waals surface area contributed by atoms with Crippen molar-refractivity contribution in [3.63, 3.8) is 0 Å². The first-order valence-electron chi connectivity index (χ1n) is 7.99. The average Bonchev–Trinajstić information content (AvgIpc) is 3.22. The molecule has 26 heavy (non-hydrogen) atoms. The lowest BCUT2D eigenvalue weighted by atomic mass is 9.98. The number of rotatable bonds is 6. The largest absolute Gasteiger partial charge is 0.496 e. The fourth-order valence-electron chi connectivity index (χ4n) is 2.76. The van der Waals surface area contributed by atoms with Crippen LogP contribution in [-0.2, 0) is 11.2 Å². The molecule has 1 aromatic heterocycles. The Bertz CT molecular complexity index is 916. The van der Waals surface area contributed by atoms with Gasteiger partial charge in [-0.15, -0.1) is 0 Å². The van der Waals surface area contributed by atoms with Gasteiger partial charge in [-0.1, -0.05) is 12.1 Å². The normalized spacial score (nSPS) is 10.4. The number of hydrogen-bond acceptors (Lipinski definition) is 5. The summed E-state index contributed by atoms with van der Waals surface area (Å²) in [4.78, 5) is 23.2. The maximum absolute atomic E-state index is 11.9. The van der Waals surface area contributed by atoms with Crippen LogP contribution < -0.4 is 4.74 Å². The van der Waals surface area contributed by atoms with Gasteiger partial charge in [0.1, 0.15) is 5.75 Å². The fourth-order valence-corrected chi connectivity index (χ4v) is 2.76. The summed E-state index contributed by atoms with van der Waals surface area (Å²) in [5.74, 6) is 0.000869. The summed E-state index contributed by atoms with van der Waals surface area (Å²) >= 11 is 0. The van der Waals surface area contributed by atoms with Gasteiger partial charge in [0.15, 0.2) is 6.29 Å². The predicted molar refractivity (Wildman–Crippen MR) is 96.1 cm³/mol. The van der Waals surface area contributed by atoms with E-state index in [9.17, 15) is 9.59 Å². The summed E-state index contributed by atoms with van der Waals surface area (Å²) in [6, 6.07) is 13.0. The number of nitrogens with zero attached hydrogens (tertiary/aromatic N) is 2. The number of aldehydes is 1. The number of esters is 1. The van der Waals surface area contributed by atoms with Gasteiger partial charge in [0, 0.05) is 24.4 Å². The molecule has 1 heterocycles. The number of aromatic nitrogens is 2. The molecule has 0 spiro atoms. The summed E-state index contributed by atoms with van der Waals surface area (Å²) in [5.41, 5.74) is 3.26. The molecule has 0 aliphatic heterocycles. The van der Waals surface area contributed by atoms with E-state index in [-0.39, 0.29) is 11.1 Å². The molecular weight excluding hydrogens is 332 g/mol. The summed E-state index contributed by atoms with van der Waals surface area (Å²) in [7, 11) is 2.82. The highest BCUT2D eigenvalue weighted by Crippen LogP contribution is 2.26. The Morgan fingerprint density at radius 3 is 2.54 bits per heavy atom. The lowest BCUT2D eigenvalue weighted by Crippen LogP contribution is -2.08. The molecule has 3 aromatic rings. The van der Waals surface area contributed by atoms with Crippen molar-refractivity contribution in [2.24, 2.45) is 0 Å². The summed E-state index contributed by atoms with van der Waals surface area (Å²) in [6.45, 7) is 0. The second-order valence-corrected chi connectivity index (χ2v) is 5.65. The van der Waals surface area contributed by atoms with Gasteiger partial charge in [-0.05, 0) is 41.5 Å². The second-order valence-electron chi connectivity index (χ2n) is 5.65. The number of methoxy groups -OCH3 is 2. The van der Waals surface area contributed by atoms with E-state index in [1.165, 1.54) is 14.2 Å². The first kappa shape index (κ1) is 17.4. The van der Waals surface area contributed by atoms with Crippen LogP contribution in [0.5, 0.6) is 5.75 Å². The van der Waals surface area contributed by atoms with Crippen LogP contribution >= 0.6 is 0 Å². The van der Waals surface area contributed by atoms with Gasteiger partial charge in [0.25, 0.3) is 0 Å². The number of hydrogen-bond donors (Lipinski definition) is 0. The molecule has 0 unspecified atom stereocenters. The molecule has 0 saturated carbocycles. The third-order valence-electron chi connectivity index (χ3n) is 4.08. The molecule has 0 saturated heterocycles. The Labute approximate surface area is 151 Å². The average molecular weight is 350 g/mol. The van der Waals surface area contributed by atoms with Crippen molar-refractivity contribution in [1.29, 1.82) is 0 Å². The van der Waals surface area contributed by atoms with Crippen molar-refractivity contribution in [3.05, 3.63) is 77.1 Å². The van der Waals surface area contributed by atoms with Crippen LogP contribution in [0.4, 0.5) is 0 Å². The third kappa shape index (κ3) is 3.49. The van der Waals surface area contributed by atoms with E-state index < -0.39 is 5.97 Å². The zero-order valence-electron chi connectivity index (χ0n) is 14.5. The number of carbonyl (C=O) groups excluding carboxylic acids is 2. The van der Waals surface area contributed by atoms with Crippen molar-refractivity contribution >= 4 is 12.3 Å². The Kier molecular flexibility index (Phi) is 5.12. The van der Waals surface area contributed by atoms with E-state index in [1.807, 2.05) is 36.5 Å². The predicted octanol–water partition coefficient (Wildman–Crippen LogP) is 3.07. The van der Waals surface area contributed by atoms with Crippen molar-refractivity contribution in [2.45, 2.75) is 6.42 Å². The molecule has 132 valence electrons. The third-order valence-corrected chi connectivity index (χ3v) is 4.08. The molecule has 0 N–H and O–H groups in total. The molecule has 0 fully saturated rings. The Morgan fingerprint density at radius 1 is 1.19 bits per heavy atom. The number of ether oxygens (including phenoxy) is 2. The lowest BCUT2D eigenvalue weighted by molar-refractivity contribution is 0.0598. The highest BCUT2D eigenvalue weighted by Gasteiger charge is 2.16. The van der Waals surface area contributed by atoms with E-state index in [1.54, 1.807) is 23.0 Å². The fraction of sp³-hybridized carbons (Fsp3) is 0.150. The van der Waals surface area contributed by atoms with Crippen molar-refractivity contribution in [3.8, 4) is 11.4 Å². The maximum atomic E-state index is 11.9. The van der Waals surface area contributed by atoms with Gasteiger partial charge in [-0.25, -0.2) is 9.48 Å². The summed E-state index contributed by atoms with van der Waals surface area (Å²) in [5, 5.41) is 4.20. The molecule has 2 aromatic carbocycles. The van der Waals surface area contributed by atoms with Gasteiger partial charge >= 0.3 is 5.97 Å². The van der Waals surface area contributed by atoms with Gasteiger partial charge in [0.05, 0.1) is 25.5 Å². The highest BCUT2D eigenvalue weighted by atomic mass is 16.5. The molecule has 3 rings (SSSR count). The van der Waals surface area contributed by atoms with E-state index in [4.69, 9.17) is 9.47 Å². The summed E-state index contributed by atoms with van der Waals surface area (Å²) < 4.78 is 11.9. The standard InChI is InChI=1S/C20H18N2O4/c1-25-19-12-16(13-23)18(20(24)26-2)11-15(19)10-14-4-6-17(7-5-14)22-9-3-8-21-22/h3-9,11-13H,10H2,1-2H3. The molecule has 0 aliphatic carbocycles. The van der Waals surface area contributed by atoms with E-state index in [0.717, 1.165) is 16.8 Å². The zero-order valence-corrected chi connectivity index (χ0v) is 14.5. The molecule has 0 bridgehead atoms. The molecule has 0 amide bonds. The van der Waals surface area contributed by atoms with Crippen LogP contribution in [0.1, 0.15) is 31.8 Å². The first-order chi connectivity index (χ1) is 12.7. The van der Waals surface area contributed by atoms with Crippen LogP contribution in [0.3, 0.4) is 0 Å². The molecular formula is C20H18N2O4. The van der Waals surface area contributed by atoms with E-state index in [2.05, 4.69) is 5.10 Å². The van der Waals surface area contributed by atoms with Gasteiger partial charge in [0.2, 0.25) is 0 Å². The molecule has 0 radical (unpaired) electrons. The van der Waals surface area contributed by atoms with Gasteiger partial charge in [-0.2, -0.15) is 5.10 Å². The molecule has 0 atom stereocenters. The van der Waals surface area contributed by atoms with Crippen LogP contribution in [0.15, 0.2) is 54.9 Å². The Morgan fingerprint density at radius 2 is 1.96 bits per heavy atom. The SMILES string of the molecule is COC(=O)c1cc(Cc2ccc(-n3cccn3)cc2)c(OC)cc1C=O. The van der Waals surface area contributed by atoms with Crippen molar-refractivity contribution < 1.29 is 19.1 Å². The minimum Gasteiger partial charge on any atom is -0.496 e. The van der Waals surface area contributed by atoms with Gasteiger partial charge in [-0.3, -0.25) is 4.79 Å². The van der Waals surface area contributed by atoms with Gasteiger partial charge < -0.3 is 9.47 Å². The Hall–Kier alpha value is -3.41. The quantitative estimate of drug-likeness (QED) is 0.505. The van der Waals surface area contributed by atoms with Crippen LogP contribution in [0.25, 0.3) is 5.69 Å². The van der Waals surface area contributed by atoms with Crippen LogP contribution in [0, 0.1) is 0 Å². The molecule has 6 nitrogen and oxygen atoms in total. The number of carbonyl (C=O) groups is 2. The molecule has 6 heteroatoms. The van der Waals surface area contributed by atoms with Crippen LogP contribution in [-0.4, -0.2) is 36.3 Å². The monoisotopic (exact) mass is 350 g/mol. The zero-order chi connectivity index (χ0) is 18.5. The maximum Gasteiger partial charge on any atom is 0.338 e. The Balaban J connectivity index is 1.93.